The van der Waals surface area contributed by atoms with Crippen molar-refractivity contribution in [2.24, 2.45) is 0 Å². The topological polar surface area (TPSA) is 117 Å². The van der Waals surface area contributed by atoms with Gasteiger partial charge in [-0.25, -0.2) is 15.1 Å². The monoisotopic (exact) mass is 343 g/mol. The summed E-state index contributed by atoms with van der Waals surface area (Å²) in [5.74, 6) is -0.719. The molecular formula is C14H18ClN3O5. The highest BCUT2D eigenvalue weighted by Gasteiger charge is 2.08. The molecular weight excluding hydrogens is 326 g/mol. The maximum absolute atomic E-state index is 11.6. The predicted molar refractivity (Wildman–Crippen MR) is 83.4 cm³/mol. The first-order chi connectivity index (χ1) is 11.0. The van der Waals surface area contributed by atoms with Crippen LogP contribution in [-0.2, 0) is 9.53 Å². The number of benzene rings is 1. The van der Waals surface area contributed by atoms with Crippen molar-refractivity contribution in [2.45, 2.75) is 25.7 Å². The minimum Gasteiger partial charge on any atom is -0.375 e. The maximum atomic E-state index is 11.6. The van der Waals surface area contributed by atoms with E-state index in [1.54, 1.807) is 24.3 Å². The number of unbranched alkanes of at least 4 members (excludes halogenated alkanes) is 2. The molecule has 8 nitrogen and oxygen atoms in total. The molecule has 0 heterocycles. The van der Waals surface area contributed by atoms with Crippen molar-refractivity contribution in [3.63, 3.8) is 0 Å². The van der Waals surface area contributed by atoms with Gasteiger partial charge in [-0.15, -0.1) is 0 Å². The fraction of sp³-hybridized carbons (Fsp3) is 0.357. The number of ether oxygens (including phenoxy) is 1. The van der Waals surface area contributed by atoms with Gasteiger partial charge in [0.05, 0.1) is 0 Å². The summed E-state index contributed by atoms with van der Waals surface area (Å²) >= 11 is 5.81. The minimum absolute atomic E-state index is 0.0577. The van der Waals surface area contributed by atoms with Crippen LogP contribution >= 0.6 is 11.6 Å². The summed E-state index contributed by atoms with van der Waals surface area (Å²) in [6.07, 6.45) is 0.710. The lowest BCUT2D eigenvalue weighted by atomic mass is 10.2. The second kappa shape index (κ2) is 10.4. The van der Waals surface area contributed by atoms with Crippen LogP contribution in [0.25, 0.3) is 0 Å². The molecule has 1 aromatic carbocycles. The van der Waals surface area contributed by atoms with Gasteiger partial charge in [0.2, 0.25) is 0 Å². The van der Waals surface area contributed by atoms with E-state index in [0.717, 1.165) is 0 Å². The van der Waals surface area contributed by atoms with E-state index in [9.17, 15) is 14.4 Å². The Labute approximate surface area is 138 Å². The van der Waals surface area contributed by atoms with E-state index in [4.69, 9.17) is 16.8 Å². The normalized spacial score (nSPS) is 9.83. The Morgan fingerprint density at radius 2 is 1.96 bits per heavy atom. The van der Waals surface area contributed by atoms with Crippen molar-refractivity contribution in [1.82, 2.24) is 10.8 Å². The van der Waals surface area contributed by atoms with Gasteiger partial charge in [0.1, 0.15) is 0 Å². The zero-order valence-corrected chi connectivity index (χ0v) is 13.1. The van der Waals surface area contributed by atoms with Gasteiger partial charge in [-0.1, -0.05) is 24.1 Å². The van der Waals surface area contributed by atoms with Gasteiger partial charge in [0.15, 0.2) is 0 Å². The molecule has 4 N–H and O–H groups in total. The molecule has 0 radical (unpaired) electrons. The van der Waals surface area contributed by atoms with Crippen molar-refractivity contribution in [2.75, 3.05) is 11.9 Å². The number of esters is 1. The minimum atomic E-state index is -1.20. The smallest absolute Gasteiger partial charge is 0.375 e. The lowest BCUT2D eigenvalue weighted by Gasteiger charge is -2.07. The Morgan fingerprint density at radius 3 is 2.65 bits per heavy atom. The fourth-order valence-corrected chi connectivity index (χ4v) is 1.88. The van der Waals surface area contributed by atoms with Gasteiger partial charge in [0, 0.05) is 23.7 Å². The van der Waals surface area contributed by atoms with E-state index in [-0.39, 0.29) is 12.5 Å². The highest BCUT2D eigenvalue weighted by molar-refractivity contribution is 6.30. The number of anilines is 1. The lowest BCUT2D eigenvalue weighted by molar-refractivity contribution is -0.138. The van der Waals surface area contributed by atoms with Crippen LogP contribution in [0.3, 0.4) is 0 Å². The molecule has 0 aliphatic heterocycles. The van der Waals surface area contributed by atoms with Gasteiger partial charge >= 0.3 is 18.1 Å². The number of nitrogens with one attached hydrogen (secondary N) is 3. The summed E-state index contributed by atoms with van der Waals surface area (Å²) in [5, 5.41) is 14.0. The first-order valence-corrected chi connectivity index (χ1v) is 7.34. The van der Waals surface area contributed by atoms with Crippen LogP contribution in [0.15, 0.2) is 24.3 Å². The SMILES string of the molecule is O=C(NCCCCCC(=O)OC(=O)NO)Nc1cccc(Cl)c1. The van der Waals surface area contributed by atoms with Crippen LogP contribution in [0, 0.1) is 0 Å². The molecule has 0 saturated heterocycles. The summed E-state index contributed by atoms with van der Waals surface area (Å²) in [4.78, 5) is 33.2. The molecule has 0 aromatic heterocycles. The zero-order valence-electron chi connectivity index (χ0n) is 12.3. The molecule has 0 fully saturated rings. The maximum Gasteiger partial charge on any atom is 0.438 e. The number of hydrogen-bond acceptors (Lipinski definition) is 5. The van der Waals surface area contributed by atoms with Crippen LogP contribution in [-0.4, -0.2) is 29.8 Å². The predicted octanol–water partition coefficient (Wildman–Crippen LogP) is 2.66. The molecule has 0 aliphatic carbocycles. The standard InChI is InChI=1S/C14H18ClN3O5/c15-10-5-4-6-11(9-10)17-13(20)16-8-3-1-2-7-12(19)23-14(21)18-22/h4-6,9,22H,1-3,7-8H2,(H,18,21)(H2,16,17,20). The van der Waals surface area contributed by atoms with Crippen LogP contribution in [0.5, 0.6) is 0 Å². The first-order valence-electron chi connectivity index (χ1n) is 6.96. The summed E-state index contributed by atoms with van der Waals surface area (Å²) in [6.45, 7) is 0.443. The highest BCUT2D eigenvalue weighted by Crippen LogP contribution is 2.14. The third kappa shape index (κ3) is 8.64. The second-order valence-electron chi connectivity index (χ2n) is 4.58. The summed E-state index contributed by atoms with van der Waals surface area (Å²) in [6, 6.07) is 6.45. The molecule has 0 atom stereocenters. The average Bonchev–Trinajstić information content (AvgIpc) is 2.50. The lowest BCUT2D eigenvalue weighted by Crippen LogP contribution is -2.29. The van der Waals surface area contributed by atoms with Crippen molar-refractivity contribution in [1.29, 1.82) is 0 Å². The Hall–Kier alpha value is -2.32. The van der Waals surface area contributed by atoms with Crippen molar-refractivity contribution >= 4 is 35.4 Å². The van der Waals surface area contributed by atoms with Gasteiger partial charge in [-0.05, 0) is 31.0 Å². The number of carbonyl (C=O) groups is 3. The quantitative estimate of drug-likeness (QED) is 0.200. The third-order valence-electron chi connectivity index (χ3n) is 2.72. The van der Waals surface area contributed by atoms with E-state index in [0.29, 0.717) is 36.5 Å². The highest BCUT2D eigenvalue weighted by atomic mass is 35.5. The Morgan fingerprint density at radius 1 is 1.17 bits per heavy atom. The first kappa shape index (κ1) is 18.7. The number of carbonyl (C=O) groups excluding carboxylic acids is 3. The summed E-state index contributed by atoms with van der Waals surface area (Å²) in [7, 11) is 0. The van der Waals surface area contributed by atoms with Crippen molar-refractivity contribution < 1.29 is 24.3 Å². The van der Waals surface area contributed by atoms with Gasteiger partial charge in [0.25, 0.3) is 0 Å². The largest absolute Gasteiger partial charge is 0.438 e. The molecule has 0 bridgehead atoms. The Balaban J connectivity index is 2.07. The van der Waals surface area contributed by atoms with Crippen molar-refractivity contribution in [3.05, 3.63) is 29.3 Å². The molecule has 0 spiro atoms. The van der Waals surface area contributed by atoms with Crippen molar-refractivity contribution in [3.8, 4) is 0 Å². The van der Waals surface area contributed by atoms with Gasteiger partial charge < -0.3 is 15.4 Å². The number of halogens is 1. The third-order valence-corrected chi connectivity index (χ3v) is 2.96. The van der Waals surface area contributed by atoms with Gasteiger partial charge in [-0.3, -0.25) is 10.0 Å². The fourth-order valence-electron chi connectivity index (χ4n) is 1.69. The van der Waals surface area contributed by atoms with E-state index in [1.165, 1.54) is 5.48 Å². The molecule has 3 amide bonds. The number of urea groups is 1. The number of rotatable bonds is 7. The Bertz CT molecular complexity index is 553. The van der Waals surface area contributed by atoms with E-state index in [1.807, 2.05) is 0 Å². The van der Waals surface area contributed by atoms with Crippen LogP contribution in [0.4, 0.5) is 15.3 Å². The number of hydroxylamine groups is 1. The number of hydrogen-bond donors (Lipinski definition) is 4. The molecule has 9 heteroatoms. The molecule has 126 valence electrons. The molecule has 0 saturated carbocycles. The molecule has 1 aromatic rings. The van der Waals surface area contributed by atoms with E-state index >= 15 is 0 Å². The molecule has 0 aliphatic rings. The average molecular weight is 344 g/mol. The summed E-state index contributed by atoms with van der Waals surface area (Å²) < 4.78 is 4.19. The molecule has 0 unspecified atom stereocenters. The van der Waals surface area contributed by atoms with E-state index < -0.39 is 12.1 Å². The van der Waals surface area contributed by atoms with Crippen LogP contribution in [0.1, 0.15) is 25.7 Å². The molecule has 23 heavy (non-hydrogen) atoms. The van der Waals surface area contributed by atoms with Crippen LogP contribution < -0.4 is 16.1 Å². The summed E-state index contributed by atoms with van der Waals surface area (Å²) in [5.41, 5.74) is 1.79. The van der Waals surface area contributed by atoms with Crippen LogP contribution in [0.2, 0.25) is 5.02 Å². The number of amides is 3. The second-order valence-corrected chi connectivity index (χ2v) is 5.01. The molecule has 1 rings (SSSR count). The van der Waals surface area contributed by atoms with E-state index in [2.05, 4.69) is 15.4 Å². The van der Waals surface area contributed by atoms with Gasteiger partial charge in [-0.2, -0.15) is 0 Å². The zero-order chi connectivity index (χ0) is 17.1. The Kier molecular flexibility index (Phi) is 8.48.